The van der Waals surface area contributed by atoms with Crippen LogP contribution in [-0.2, 0) is 9.59 Å². The van der Waals surface area contributed by atoms with E-state index < -0.39 is 28.2 Å². The largest absolute Gasteiger partial charge is 0.502 e. The Morgan fingerprint density at radius 1 is 1.22 bits per heavy atom. The topological polar surface area (TPSA) is 113 Å². The quantitative estimate of drug-likeness (QED) is 0.277. The molecule has 2 aromatic rings. The number of carbonyl (C=O) groups excluding carboxylic acids is 2. The molecule has 0 unspecified atom stereocenters. The number of carbonyl (C=O) groups is 2. The number of para-hydroxylation sites is 1. The van der Waals surface area contributed by atoms with Crippen molar-refractivity contribution < 1.29 is 19.6 Å². The molecule has 0 aliphatic carbocycles. The molecule has 1 aliphatic heterocycles. The zero-order chi connectivity index (χ0) is 19.7. The number of hydrogen-bond donors (Lipinski definition) is 2. The first-order valence-corrected chi connectivity index (χ1v) is 8.15. The van der Waals surface area contributed by atoms with Gasteiger partial charge in [0, 0.05) is 6.07 Å². The van der Waals surface area contributed by atoms with Gasteiger partial charge >= 0.3 is 5.69 Å². The lowest BCUT2D eigenvalue weighted by molar-refractivity contribution is -0.385. The lowest BCUT2D eigenvalue weighted by atomic mass is 10.1. The molecular weight excluding hydrogens is 370 g/mol. The predicted molar refractivity (Wildman–Crippen MR) is 102 cm³/mol. The second-order valence-corrected chi connectivity index (χ2v) is 6.14. The third-order valence-electron chi connectivity index (χ3n) is 3.97. The first-order valence-electron chi connectivity index (χ1n) is 7.74. The minimum atomic E-state index is -0.755. The molecule has 1 fully saturated rings. The first kappa shape index (κ1) is 18.2. The van der Waals surface area contributed by atoms with Gasteiger partial charge in [0.05, 0.1) is 10.6 Å². The maximum atomic E-state index is 12.9. The number of thiocarbonyl (C=S) groups is 1. The number of benzene rings is 2. The summed E-state index contributed by atoms with van der Waals surface area (Å²) < 4.78 is 0. The minimum Gasteiger partial charge on any atom is -0.502 e. The van der Waals surface area contributed by atoms with Crippen LogP contribution in [0.2, 0.25) is 0 Å². The number of nitro benzene ring substituents is 1. The van der Waals surface area contributed by atoms with E-state index in [1.165, 1.54) is 17.0 Å². The van der Waals surface area contributed by atoms with Crippen molar-refractivity contribution in [3.8, 4) is 5.75 Å². The number of phenols is 1. The molecule has 0 atom stereocenters. The van der Waals surface area contributed by atoms with Gasteiger partial charge in [-0.25, -0.2) is 0 Å². The van der Waals surface area contributed by atoms with Gasteiger partial charge in [0.25, 0.3) is 11.8 Å². The Hall–Kier alpha value is -3.59. The molecule has 0 radical (unpaired) electrons. The fourth-order valence-electron chi connectivity index (χ4n) is 2.63. The van der Waals surface area contributed by atoms with Crippen molar-refractivity contribution in [1.82, 2.24) is 5.32 Å². The first-order chi connectivity index (χ1) is 12.8. The molecule has 27 heavy (non-hydrogen) atoms. The molecule has 136 valence electrons. The number of nitrogens with zero attached hydrogens (tertiary/aromatic N) is 2. The summed E-state index contributed by atoms with van der Waals surface area (Å²) in [6, 6.07) is 10.6. The molecule has 1 heterocycles. The summed E-state index contributed by atoms with van der Waals surface area (Å²) in [7, 11) is 0. The zero-order valence-electron chi connectivity index (χ0n) is 14.0. The van der Waals surface area contributed by atoms with E-state index in [9.17, 15) is 24.8 Å². The van der Waals surface area contributed by atoms with Gasteiger partial charge in [0.2, 0.25) is 0 Å². The van der Waals surface area contributed by atoms with Gasteiger partial charge in [-0.2, -0.15) is 0 Å². The number of nitro groups is 1. The van der Waals surface area contributed by atoms with Gasteiger partial charge in [-0.1, -0.05) is 24.3 Å². The van der Waals surface area contributed by atoms with Crippen LogP contribution in [0.15, 0.2) is 48.0 Å². The maximum Gasteiger partial charge on any atom is 0.311 e. The molecule has 1 aliphatic rings. The zero-order valence-corrected chi connectivity index (χ0v) is 14.8. The van der Waals surface area contributed by atoms with Crippen molar-refractivity contribution >= 4 is 46.6 Å². The van der Waals surface area contributed by atoms with Crippen molar-refractivity contribution in [3.63, 3.8) is 0 Å². The summed E-state index contributed by atoms with van der Waals surface area (Å²) in [5.74, 6) is -1.86. The van der Waals surface area contributed by atoms with Crippen molar-refractivity contribution in [2.24, 2.45) is 0 Å². The molecule has 0 aromatic heterocycles. The maximum absolute atomic E-state index is 12.9. The van der Waals surface area contributed by atoms with Crippen molar-refractivity contribution in [2.75, 3.05) is 4.90 Å². The molecule has 2 N–H and O–H groups in total. The Kier molecular flexibility index (Phi) is 4.70. The van der Waals surface area contributed by atoms with Crippen LogP contribution in [0.3, 0.4) is 0 Å². The number of aromatic hydroxyl groups is 1. The van der Waals surface area contributed by atoms with Crippen LogP contribution < -0.4 is 10.2 Å². The highest BCUT2D eigenvalue weighted by Crippen LogP contribution is 2.29. The fourth-order valence-corrected chi connectivity index (χ4v) is 2.91. The molecule has 3 rings (SSSR count). The standard InChI is InChI=1S/C18H13N3O5S/c1-10-4-2-3-5-13(10)20-17(24)12(16(23)19-18(20)27)8-11-6-7-15(22)14(9-11)21(25)26/h2-9,22H,1H3,(H,19,23,27)/b12-8+. The van der Waals surface area contributed by atoms with E-state index in [-0.39, 0.29) is 16.2 Å². The molecule has 2 aromatic carbocycles. The van der Waals surface area contributed by atoms with Crippen LogP contribution in [0.5, 0.6) is 5.75 Å². The molecule has 2 amide bonds. The Morgan fingerprint density at radius 2 is 1.93 bits per heavy atom. The second kappa shape index (κ2) is 6.96. The Bertz CT molecular complexity index is 1030. The predicted octanol–water partition coefficient (Wildman–Crippen LogP) is 2.44. The van der Waals surface area contributed by atoms with Gasteiger partial charge in [-0.05, 0) is 48.5 Å². The Balaban J connectivity index is 2.06. The van der Waals surface area contributed by atoms with Crippen molar-refractivity contribution in [1.29, 1.82) is 0 Å². The van der Waals surface area contributed by atoms with Crippen LogP contribution in [0.1, 0.15) is 11.1 Å². The van der Waals surface area contributed by atoms with Gasteiger partial charge in [-0.15, -0.1) is 0 Å². The molecule has 8 nitrogen and oxygen atoms in total. The number of aryl methyl sites for hydroxylation is 1. The third kappa shape index (κ3) is 3.40. The van der Waals surface area contributed by atoms with Gasteiger partial charge < -0.3 is 5.11 Å². The second-order valence-electron chi connectivity index (χ2n) is 5.75. The van der Waals surface area contributed by atoms with Crippen LogP contribution in [0.25, 0.3) is 6.08 Å². The summed E-state index contributed by atoms with van der Waals surface area (Å²) in [4.78, 5) is 36.6. The van der Waals surface area contributed by atoms with Gasteiger partial charge in [-0.3, -0.25) is 29.9 Å². The molecule has 1 saturated heterocycles. The van der Waals surface area contributed by atoms with E-state index in [4.69, 9.17) is 12.2 Å². The van der Waals surface area contributed by atoms with Crippen LogP contribution in [-0.4, -0.2) is 27.0 Å². The van der Waals surface area contributed by atoms with Gasteiger partial charge in [0.15, 0.2) is 10.9 Å². The fraction of sp³-hybridized carbons (Fsp3) is 0.0556. The number of hydrogen-bond acceptors (Lipinski definition) is 6. The van der Waals surface area contributed by atoms with Crippen molar-refractivity contribution in [2.45, 2.75) is 6.92 Å². The summed E-state index contributed by atoms with van der Waals surface area (Å²) in [6.45, 7) is 1.80. The van der Waals surface area contributed by atoms with E-state index in [0.29, 0.717) is 5.69 Å². The highest BCUT2D eigenvalue weighted by atomic mass is 32.1. The van der Waals surface area contributed by atoms with E-state index >= 15 is 0 Å². The van der Waals surface area contributed by atoms with E-state index in [0.717, 1.165) is 17.7 Å². The van der Waals surface area contributed by atoms with Gasteiger partial charge in [0.1, 0.15) is 5.57 Å². The molecular formula is C18H13N3O5S. The summed E-state index contributed by atoms with van der Waals surface area (Å²) in [5, 5.41) is 22.9. The van der Waals surface area contributed by atoms with Crippen molar-refractivity contribution in [3.05, 3.63) is 69.3 Å². The lowest BCUT2D eigenvalue weighted by Crippen LogP contribution is -2.54. The number of rotatable bonds is 3. The summed E-state index contributed by atoms with van der Waals surface area (Å²) in [6.07, 6.45) is 1.22. The number of amides is 2. The molecule has 9 heteroatoms. The summed E-state index contributed by atoms with van der Waals surface area (Å²) >= 11 is 5.14. The molecule has 0 saturated carbocycles. The van der Waals surface area contributed by atoms with Crippen LogP contribution in [0, 0.1) is 17.0 Å². The van der Waals surface area contributed by atoms with E-state index in [1.807, 2.05) is 0 Å². The minimum absolute atomic E-state index is 0.0480. The average Bonchev–Trinajstić information content (AvgIpc) is 2.61. The average molecular weight is 383 g/mol. The third-order valence-corrected chi connectivity index (χ3v) is 4.25. The number of nitrogens with one attached hydrogen (secondary N) is 1. The highest BCUT2D eigenvalue weighted by Gasteiger charge is 2.35. The van der Waals surface area contributed by atoms with Crippen LogP contribution in [0.4, 0.5) is 11.4 Å². The summed E-state index contributed by atoms with van der Waals surface area (Å²) in [5.41, 5.74) is 0.765. The number of anilines is 1. The monoisotopic (exact) mass is 383 g/mol. The lowest BCUT2D eigenvalue weighted by Gasteiger charge is -2.29. The Morgan fingerprint density at radius 3 is 2.59 bits per heavy atom. The smallest absolute Gasteiger partial charge is 0.311 e. The normalized spacial score (nSPS) is 15.8. The van der Waals surface area contributed by atoms with E-state index in [1.54, 1.807) is 31.2 Å². The van der Waals surface area contributed by atoms with E-state index in [2.05, 4.69) is 5.32 Å². The Labute approximate surface area is 158 Å². The SMILES string of the molecule is Cc1ccccc1N1C(=O)/C(=C/c2ccc(O)c([N+](=O)[O-])c2)C(=O)NC1=S. The van der Waals surface area contributed by atoms with Crippen LogP contribution >= 0.6 is 12.2 Å². The number of phenolic OH excluding ortho intramolecular Hbond substituents is 1. The molecule has 0 spiro atoms. The molecule has 0 bridgehead atoms. The highest BCUT2D eigenvalue weighted by molar-refractivity contribution is 7.80.